The number of aliphatic hydroxyl groups excluding tert-OH is 1. The molecular weight excluding hydrogens is 90.1 g/mol. The third kappa shape index (κ3) is 1.87. The second-order valence-corrected chi connectivity index (χ2v) is 1.19. The molecule has 0 unspecified atom stereocenters. The van der Waals surface area contributed by atoms with Crippen LogP contribution >= 0.6 is 0 Å². The fourth-order valence-corrected chi connectivity index (χ4v) is 0.167. The Morgan fingerprint density at radius 2 is 2.29 bits per heavy atom. The Hall–Kier alpha value is -0.920. The second-order valence-electron chi connectivity index (χ2n) is 1.19. The van der Waals surface area contributed by atoms with E-state index in [2.05, 4.69) is 6.58 Å². The second kappa shape index (κ2) is 2.29. The summed E-state index contributed by atoms with van der Waals surface area (Å²) in [7, 11) is 0. The molecule has 2 nitrogen and oxygen atoms in total. The zero-order valence-corrected chi connectivity index (χ0v) is 4.31. The number of nitrogens with two attached hydrogens (primary N) is 1. The Labute approximate surface area is 43.0 Å². The van der Waals surface area contributed by atoms with E-state index in [0.29, 0.717) is 5.70 Å². The summed E-state index contributed by atoms with van der Waals surface area (Å²) in [6.45, 7) is 4.92. The highest BCUT2D eigenvalue weighted by Gasteiger charge is 1.85. The van der Waals surface area contributed by atoms with Crippen molar-refractivity contribution in [2.45, 2.75) is 6.92 Å². The van der Waals surface area contributed by atoms with Crippen molar-refractivity contribution in [3.63, 3.8) is 0 Å². The maximum atomic E-state index is 8.43. The Bertz CT molecular complexity index is 105. The lowest BCUT2D eigenvalue weighted by Crippen LogP contribution is -1.97. The van der Waals surface area contributed by atoms with Gasteiger partial charge >= 0.3 is 0 Å². The summed E-state index contributed by atoms with van der Waals surface area (Å²) in [5, 5.41) is 8.43. The molecule has 3 N–H and O–H groups in total. The van der Waals surface area contributed by atoms with Crippen molar-refractivity contribution in [1.82, 2.24) is 0 Å². The number of hydrogen-bond acceptors (Lipinski definition) is 2. The first-order valence-electron chi connectivity index (χ1n) is 1.98. The molecule has 0 spiro atoms. The molecule has 0 heterocycles. The van der Waals surface area contributed by atoms with E-state index < -0.39 is 0 Å². The van der Waals surface area contributed by atoms with Crippen LogP contribution in [0.1, 0.15) is 6.92 Å². The molecule has 0 amide bonds. The molecule has 0 aliphatic rings. The molecule has 0 radical (unpaired) electrons. The van der Waals surface area contributed by atoms with E-state index in [0.717, 1.165) is 0 Å². The van der Waals surface area contributed by atoms with E-state index in [4.69, 9.17) is 10.8 Å². The minimum atomic E-state index is -0.0671. The Balaban J connectivity index is 3.82. The molecule has 2 heteroatoms. The van der Waals surface area contributed by atoms with Crippen molar-refractivity contribution in [2.24, 2.45) is 5.73 Å². The third-order valence-corrected chi connectivity index (χ3v) is 0.644. The van der Waals surface area contributed by atoms with Crippen molar-refractivity contribution in [3.8, 4) is 0 Å². The van der Waals surface area contributed by atoms with Crippen LogP contribution in [0.5, 0.6) is 0 Å². The fraction of sp³-hybridized carbons (Fsp3) is 0.200. The van der Waals surface area contributed by atoms with Crippen LogP contribution in [0, 0.1) is 0 Å². The maximum Gasteiger partial charge on any atom is 0.130 e. The molecule has 0 atom stereocenters. The van der Waals surface area contributed by atoms with Gasteiger partial charge in [0.15, 0.2) is 0 Å². The number of allylic oxidation sites excluding steroid dienone is 1. The zero-order chi connectivity index (χ0) is 5.86. The summed E-state index contributed by atoms with van der Waals surface area (Å²) in [6.07, 6.45) is 1.59. The van der Waals surface area contributed by atoms with Crippen LogP contribution in [0.2, 0.25) is 0 Å². The normalized spacial score (nSPS) is 11.3. The molecule has 0 bridgehead atoms. The lowest BCUT2D eigenvalue weighted by molar-refractivity contribution is 0.424. The summed E-state index contributed by atoms with van der Waals surface area (Å²) >= 11 is 0. The minimum Gasteiger partial charge on any atom is -0.506 e. The molecule has 0 saturated heterocycles. The van der Waals surface area contributed by atoms with Gasteiger partial charge in [-0.15, -0.1) is 0 Å². The van der Waals surface area contributed by atoms with Gasteiger partial charge in [0.25, 0.3) is 0 Å². The molecule has 0 fully saturated rings. The predicted molar refractivity (Wildman–Crippen MR) is 29.7 cm³/mol. The van der Waals surface area contributed by atoms with Crippen LogP contribution in [0.3, 0.4) is 0 Å². The molecule has 0 aromatic carbocycles. The first-order chi connectivity index (χ1) is 3.18. The van der Waals surface area contributed by atoms with Gasteiger partial charge in [-0.05, 0) is 6.92 Å². The van der Waals surface area contributed by atoms with Gasteiger partial charge in [0.2, 0.25) is 0 Å². The van der Waals surface area contributed by atoms with E-state index >= 15 is 0 Å². The van der Waals surface area contributed by atoms with Gasteiger partial charge in [-0.2, -0.15) is 0 Å². The average Bonchev–Trinajstić information content (AvgIpc) is 1.65. The molecular formula is C5H9NO. The monoisotopic (exact) mass is 99.1 g/mol. The fourth-order valence-electron chi connectivity index (χ4n) is 0.167. The van der Waals surface area contributed by atoms with Gasteiger partial charge in [-0.3, -0.25) is 0 Å². The smallest absolute Gasteiger partial charge is 0.130 e. The summed E-state index contributed by atoms with van der Waals surface area (Å²) in [5.41, 5.74) is 5.46. The predicted octanol–water partition coefficient (Wildman–Crippen LogP) is 0.921. The highest BCUT2D eigenvalue weighted by atomic mass is 16.3. The van der Waals surface area contributed by atoms with Crippen molar-refractivity contribution in [2.75, 3.05) is 0 Å². The van der Waals surface area contributed by atoms with Gasteiger partial charge in [0.1, 0.15) is 5.76 Å². The lowest BCUT2D eigenvalue weighted by Gasteiger charge is -1.91. The number of hydrogen-bond donors (Lipinski definition) is 2. The summed E-state index contributed by atoms with van der Waals surface area (Å²) < 4.78 is 0. The largest absolute Gasteiger partial charge is 0.506 e. The molecule has 7 heavy (non-hydrogen) atoms. The highest BCUT2D eigenvalue weighted by Crippen LogP contribution is 1.91. The molecule has 0 saturated carbocycles. The van der Waals surface area contributed by atoms with E-state index in [1.165, 1.54) is 0 Å². The summed E-state index contributed by atoms with van der Waals surface area (Å²) in [4.78, 5) is 0. The lowest BCUT2D eigenvalue weighted by atomic mass is 10.4. The molecule has 0 aliphatic carbocycles. The van der Waals surface area contributed by atoms with Gasteiger partial charge in [0.05, 0.1) is 5.70 Å². The Morgan fingerprint density at radius 1 is 1.86 bits per heavy atom. The quantitative estimate of drug-likeness (QED) is 0.379. The number of aliphatic hydroxyl groups is 1. The highest BCUT2D eigenvalue weighted by molar-refractivity contribution is 5.16. The van der Waals surface area contributed by atoms with Crippen molar-refractivity contribution < 1.29 is 5.11 Å². The topological polar surface area (TPSA) is 46.2 Å². The molecule has 0 aromatic rings. The van der Waals surface area contributed by atoms with Crippen LogP contribution in [0.15, 0.2) is 24.1 Å². The first-order valence-corrected chi connectivity index (χ1v) is 1.98. The Kier molecular flexibility index (Phi) is 1.99. The van der Waals surface area contributed by atoms with E-state index in [-0.39, 0.29) is 5.76 Å². The zero-order valence-electron chi connectivity index (χ0n) is 4.31. The molecule has 0 aromatic heterocycles. The SMILES string of the molecule is C=C(O)/C(N)=C\C. The Morgan fingerprint density at radius 3 is 2.29 bits per heavy atom. The van der Waals surface area contributed by atoms with Crippen molar-refractivity contribution in [3.05, 3.63) is 24.1 Å². The van der Waals surface area contributed by atoms with E-state index in [9.17, 15) is 0 Å². The first kappa shape index (κ1) is 6.08. The number of rotatable bonds is 1. The summed E-state index contributed by atoms with van der Waals surface area (Å²) in [6, 6.07) is 0. The van der Waals surface area contributed by atoms with Gasteiger partial charge in [0, 0.05) is 0 Å². The summed E-state index contributed by atoms with van der Waals surface area (Å²) in [5.74, 6) is -0.0671. The maximum absolute atomic E-state index is 8.43. The van der Waals surface area contributed by atoms with Gasteiger partial charge in [-0.1, -0.05) is 12.7 Å². The minimum absolute atomic E-state index is 0.0671. The van der Waals surface area contributed by atoms with E-state index in [1.54, 1.807) is 13.0 Å². The van der Waals surface area contributed by atoms with Crippen molar-refractivity contribution in [1.29, 1.82) is 0 Å². The van der Waals surface area contributed by atoms with Crippen LogP contribution in [-0.2, 0) is 0 Å². The van der Waals surface area contributed by atoms with Crippen LogP contribution in [-0.4, -0.2) is 5.11 Å². The van der Waals surface area contributed by atoms with Crippen LogP contribution in [0.25, 0.3) is 0 Å². The van der Waals surface area contributed by atoms with Crippen molar-refractivity contribution >= 4 is 0 Å². The van der Waals surface area contributed by atoms with Gasteiger partial charge < -0.3 is 10.8 Å². The molecule has 0 aliphatic heterocycles. The third-order valence-electron chi connectivity index (χ3n) is 0.644. The van der Waals surface area contributed by atoms with Crippen LogP contribution < -0.4 is 5.73 Å². The van der Waals surface area contributed by atoms with E-state index in [1.807, 2.05) is 0 Å². The van der Waals surface area contributed by atoms with Crippen LogP contribution in [0.4, 0.5) is 0 Å². The average molecular weight is 99.1 g/mol. The standard InChI is InChI=1S/C5H9NO/c1-3-5(6)4(2)7/h3,7H,2,6H2,1H3/b5-3+. The molecule has 40 valence electrons. The van der Waals surface area contributed by atoms with Gasteiger partial charge in [-0.25, -0.2) is 0 Å². The molecule has 0 rings (SSSR count).